The molecule has 1 heterocycles. The van der Waals surface area contributed by atoms with Crippen LogP contribution in [0.15, 0.2) is 40.0 Å². The van der Waals surface area contributed by atoms with Crippen molar-refractivity contribution in [3.63, 3.8) is 0 Å². The highest BCUT2D eigenvalue weighted by Crippen LogP contribution is 2.25. The van der Waals surface area contributed by atoms with Crippen LogP contribution in [-0.2, 0) is 4.79 Å². The number of thioether (sulfide) groups is 1. The first-order valence-electron chi connectivity index (χ1n) is 5.01. The highest BCUT2D eigenvalue weighted by atomic mass is 32.2. The van der Waals surface area contributed by atoms with Crippen molar-refractivity contribution in [3.05, 3.63) is 30.3 Å². The lowest BCUT2D eigenvalue weighted by Gasteiger charge is -2.00. The molecule has 2 rings (SSSR count). The Balaban J connectivity index is 2.14. The summed E-state index contributed by atoms with van der Waals surface area (Å²) < 4.78 is 5.42. The van der Waals surface area contributed by atoms with E-state index in [2.05, 4.69) is 10.2 Å². The number of benzene rings is 1. The minimum absolute atomic E-state index is 0.343. The molecule has 17 heavy (non-hydrogen) atoms. The summed E-state index contributed by atoms with van der Waals surface area (Å²) in [5.41, 5.74) is 6.00. The minimum atomic E-state index is -0.408. The average molecular weight is 249 g/mol. The molecule has 0 unspecified atom stereocenters. The molecule has 2 N–H and O–H groups in total. The molecule has 0 fully saturated rings. The van der Waals surface area contributed by atoms with Crippen molar-refractivity contribution in [3.8, 4) is 11.5 Å². The molecule has 1 aromatic carbocycles. The van der Waals surface area contributed by atoms with Crippen LogP contribution in [0.25, 0.3) is 11.5 Å². The number of primary amides is 1. The van der Waals surface area contributed by atoms with Crippen molar-refractivity contribution in [1.82, 2.24) is 10.2 Å². The number of nitrogens with zero attached hydrogens (tertiary/aromatic N) is 2. The van der Waals surface area contributed by atoms with Gasteiger partial charge in [-0.1, -0.05) is 30.0 Å². The zero-order valence-electron chi connectivity index (χ0n) is 9.16. The summed E-state index contributed by atoms with van der Waals surface area (Å²) in [6.07, 6.45) is 0. The predicted molar refractivity (Wildman–Crippen MR) is 64.2 cm³/mol. The van der Waals surface area contributed by atoms with Crippen LogP contribution in [0.1, 0.15) is 6.92 Å². The molecule has 0 bridgehead atoms. The highest BCUT2D eigenvalue weighted by Gasteiger charge is 2.15. The third kappa shape index (κ3) is 2.85. The second-order valence-corrected chi connectivity index (χ2v) is 4.69. The molecule has 1 amide bonds. The molecule has 88 valence electrons. The predicted octanol–water partition coefficient (Wildman–Crippen LogP) is 1.70. The Morgan fingerprint density at radius 3 is 2.71 bits per heavy atom. The van der Waals surface area contributed by atoms with Crippen LogP contribution in [0.3, 0.4) is 0 Å². The van der Waals surface area contributed by atoms with Gasteiger partial charge in [0, 0.05) is 5.56 Å². The quantitative estimate of drug-likeness (QED) is 0.834. The minimum Gasteiger partial charge on any atom is -0.411 e. The van der Waals surface area contributed by atoms with E-state index in [0.717, 1.165) is 17.3 Å². The third-order valence-electron chi connectivity index (χ3n) is 2.11. The van der Waals surface area contributed by atoms with Gasteiger partial charge in [0.2, 0.25) is 11.8 Å². The molecule has 1 atom stereocenters. The van der Waals surface area contributed by atoms with Gasteiger partial charge in [-0.15, -0.1) is 10.2 Å². The van der Waals surface area contributed by atoms with E-state index < -0.39 is 5.91 Å². The van der Waals surface area contributed by atoms with Crippen molar-refractivity contribution in [2.75, 3.05) is 0 Å². The maximum atomic E-state index is 10.9. The largest absolute Gasteiger partial charge is 0.411 e. The fourth-order valence-corrected chi connectivity index (χ4v) is 1.80. The number of carbonyl (C=O) groups is 1. The molecule has 0 spiro atoms. The van der Waals surface area contributed by atoms with Gasteiger partial charge >= 0.3 is 0 Å². The van der Waals surface area contributed by atoms with Gasteiger partial charge in [-0.05, 0) is 19.1 Å². The first-order valence-corrected chi connectivity index (χ1v) is 5.89. The molecule has 5 nitrogen and oxygen atoms in total. The summed E-state index contributed by atoms with van der Waals surface area (Å²) in [4.78, 5) is 10.9. The van der Waals surface area contributed by atoms with Gasteiger partial charge in [0.05, 0.1) is 5.25 Å². The molecule has 0 aliphatic rings. The second kappa shape index (κ2) is 5.01. The van der Waals surface area contributed by atoms with Gasteiger partial charge in [0.25, 0.3) is 5.22 Å². The monoisotopic (exact) mass is 249 g/mol. The Bertz CT molecular complexity index is 512. The molecule has 0 aliphatic heterocycles. The van der Waals surface area contributed by atoms with Gasteiger partial charge in [0.15, 0.2) is 0 Å². The molecular weight excluding hydrogens is 238 g/mol. The zero-order chi connectivity index (χ0) is 12.3. The van der Waals surface area contributed by atoms with E-state index in [-0.39, 0.29) is 5.25 Å². The fourth-order valence-electron chi connectivity index (χ4n) is 1.16. The van der Waals surface area contributed by atoms with E-state index in [4.69, 9.17) is 10.2 Å². The van der Waals surface area contributed by atoms with E-state index in [1.807, 2.05) is 30.3 Å². The summed E-state index contributed by atoms with van der Waals surface area (Å²) in [7, 11) is 0. The van der Waals surface area contributed by atoms with Gasteiger partial charge in [0.1, 0.15) is 0 Å². The smallest absolute Gasteiger partial charge is 0.277 e. The Morgan fingerprint density at radius 1 is 1.35 bits per heavy atom. The lowest BCUT2D eigenvalue weighted by atomic mass is 10.2. The Morgan fingerprint density at radius 2 is 2.06 bits per heavy atom. The van der Waals surface area contributed by atoms with Crippen molar-refractivity contribution < 1.29 is 9.21 Å². The molecule has 0 saturated heterocycles. The number of aromatic nitrogens is 2. The van der Waals surface area contributed by atoms with Crippen LogP contribution in [-0.4, -0.2) is 21.4 Å². The molecule has 2 aromatic rings. The van der Waals surface area contributed by atoms with Gasteiger partial charge in [-0.3, -0.25) is 4.79 Å². The van der Waals surface area contributed by atoms with Crippen LogP contribution in [0.2, 0.25) is 0 Å². The topological polar surface area (TPSA) is 82.0 Å². The van der Waals surface area contributed by atoms with Crippen LogP contribution >= 0.6 is 11.8 Å². The fraction of sp³-hybridized carbons (Fsp3) is 0.182. The molecule has 1 aromatic heterocycles. The number of nitrogens with two attached hydrogens (primary N) is 1. The zero-order valence-corrected chi connectivity index (χ0v) is 9.98. The maximum Gasteiger partial charge on any atom is 0.277 e. The van der Waals surface area contributed by atoms with E-state index in [9.17, 15) is 4.79 Å². The molecule has 0 saturated carbocycles. The first kappa shape index (κ1) is 11.7. The molecular formula is C11H11N3O2S. The van der Waals surface area contributed by atoms with Crippen LogP contribution in [0.4, 0.5) is 0 Å². The number of hydrogen-bond acceptors (Lipinski definition) is 5. The summed E-state index contributed by atoms with van der Waals surface area (Å²) in [6.45, 7) is 1.69. The normalized spacial score (nSPS) is 12.3. The highest BCUT2D eigenvalue weighted by molar-refractivity contribution is 8.00. The standard InChI is InChI=1S/C11H11N3O2S/c1-7(9(12)15)17-11-14-13-10(16-11)8-5-3-2-4-6-8/h2-7H,1H3,(H2,12,15)/t7-/m1/s1. The molecule has 6 heteroatoms. The number of rotatable bonds is 4. The lowest BCUT2D eigenvalue weighted by molar-refractivity contribution is -0.117. The van der Waals surface area contributed by atoms with E-state index in [1.165, 1.54) is 0 Å². The summed E-state index contributed by atoms with van der Waals surface area (Å²) in [5.74, 6) is 0.0271. The van der Waals surface area contributed by atoms with Gasteiger partial charge in [-0.25, -0.2) is 0 Å². The maximum absolute atomic E-state index is 10.9. The lowest BCUT2D eigenvalue weighted by Crippen LogP contribution is -2.22. The van der Waals surface area contributed by atoms with Crippen molar-refractivity contribution in [2.24, 2.45) is 5.73 Å². The van der Waals surface area contributed by atoms with Crippen molar-refractivity contribution in [2.45, 2.75) is 17.4 Å². The van der Waals surface area contributed by atoms with Crippen molar-refractivity contribution in [1.29, 1.82) is 0 Å². The Labute approximate surface area is 102 Å². The number of amides is 1. The van der Waals surface area contributed by atoms with E-state index >= 15 is 0 Å². The first-order chi connectivity index (χ1) is 8.16. The second-order valence-electron chi connectivity index (χ2n) is 3.40. The Hall–Kier alpha value is -1.82. The number of carbonyl (C=O) groups excluding carboxylic acids is 1. The van der Waals surface area contributed by atoms with E-state index in [1.54, 1.807) is 6.92 Å². The Kier molecular flexibility index (Phi) is 3.43. The van der Waals surface area contributed by atoms with Crippen LogP contribution < -0.4 is 5.73 Å². The SMILES string of the molecule is C[C@@H](Sc1nnc(-c2ccccc2)o1)C(N)=O. The number of hydrogen-bond donors (Lipinski definition) is 1. The third-order valence-corrected chi connectivity index (χ3v) is 3.06. The molecule has 0 aliphatic carbocycles. The average Bonchev–Trinajstić information content (AvgIpc) is 2.78. The van der Waals surface area contributed by atoms with E-state index in [0.29, 0.717) is 11.1 Å². The molecule has 0 radical (unpaired) electrons. The summed E-state index contributed by atoms with van der Waals surface area (Å²) in [5, 5.41) is 7.72. The summed E-state index contributed by atoms with van der Waals surface area (Å²) in [6, 6.07) is 9.43. The van der Waals surface area contributed by atoms with Gasteiger partial charge in [-0.2, -0.15) is 0 Å². The summed E-state index contributed by atoms with van der Waals surface area (Å²) >= 11 is 1.15. The van der Waals surface area contributed by atoms with Crippen LogP contribution in [0.5, 0.6) is 0 Å². The van der Waals surface area contributed by atoms with Gasteiger partial charge < -0.3 is 10.2 Å². The van der Waals surface area contributed by atoms with Crippen LogP contribution in [0, 0.1) is 0 Å². The van der Waals surface area contributed by atoms with Crippen molar-refractivity contribution >= 4 is 17.7 Å².